The number of ether oxygens (including phenoxy) is 1. The van der Waals surface area contributed by atoms with Crippen LogP contribution in [0.2, 0.25) is 0 Å². The van der Waals surface area contributed by atoms with Gasteiger partial charge in [-0.15, -0.1) is 0 Å². The maximum absolute atomic E-state index is 13.7. The highest BCUT2D eigenvalue weighted by Gasteiger charge is 2.50. The van der Waals surface area contributed by atoms with Gasteiger partial charge in [-0.3, -0.25) is 4.79 Å². The molecule has 3 aliphatic heterocycles. The molecule has 2 N–H and O–H groups in total. The summed E-state index contributed by atoms with van der Waals surface area (Å²) in [6, 6.07) is 26.6. The lowest BCUT2D eigenvalue weighted by atomic mass is 9.82. The maximum Gasteiger partial charge on any atom is 0.348 e. The topological polar surface area (TPSA) is 99.4 Å². The Kier molecular flexibility index (Phi) is 7.78. The van der Waals surface area contributed by atoms with E-state index in [9.17, 15) is 14.7 Å². The van der Waals surface area contributed by atoms with Gasteiger partial charge in [-0.2, -0.15) is 5.26 Å². The zero-order chi connectivity index (χ0) is 27.3. The molecule has 3 aromatic carbocycles. The number of aliphatic hydroxyl groups is 1. The van der Waals surface area contributed by atoms with Gasteiger partial charge in [0.05, 0.1) is 31.3 Å². The van der Waals surface area contributed by atoms with Crippen LogP contribution in [0.1, 0.15) is 46.3 Å². The SMILES string of the molecule is N#Cc1ccc(C(=O)NCCC[N+]23CCC(CC2)C(OC(=O)C(O)(c2ccccc2)c2ccccc2)C3)cc1. The molecule has 6 rings (SSSR count). The highest BCUT2D eigenvalue weighted by molar-refractivity contribution is 5.94. The average molecular weight is 525 g/mol. The van der Waals surface area contributed by atoms with Crippen molar-refractivity contribution in [1.29, 1.82) is 5.26 Å². The minimum Gasteiger partial charge on any atom is -0.453 e. The van der Waals surface area contributed by atoms with E-state index >= 15 is 0 Å². The van der Waals surface area contributed by atoms with Crippen LogP contribution in [0.3, 0.4) is 0 Å². The van der Waals surface area contributed by atoms with Gasteiger partial charge >= 0.3 is 5.97 Å². The van der Waals surface area contributed by atoms with E-state index in [4.69, 9.17) is 10.00 Å². The Labute approximate surface area is 229 Å². The zero-order valence-electron chi connectivity index (χ0n) is 22.0. The Hall–Kier alpha value is -3.99. The van der Waals surface area contributed by atoms with Gasteiger partial charge in [-0.1, -0.05) is 60.7 Å². The number of esters is 1. The van der Waals surface area contributed by atoms with Crippen molar-refractivity contribution in [2.75, 3.05) is 32.7 Å². The van der Waals surface area contributed by atoms with E-state index in [2.05, 4.69) is 11.4 Å². The quantitative estimate of drug-likeness (QED) is 0.252. The third-order valence-electron chi connectivity index (χ3n) is 8.35. The normalized spacial score (nSPS) is 22.1. The van der Waals surface area contributed by atoms with Crippen LogP contribution in [0.5, 0.6) is 0 Å². The van der Waals surface area contributed by atoms with Crippen molar-refractivity contribution in [2.24, 2.45) is 5.92 Å². The molecule has 7 heteroatoms. The first-order valence-corrected chi connectivity index (χ1v) is 13.6. The Morgan fingerprint density at radius 1 is 0.949 bits per heavy atom. The van der Waals surface area contributed by atoms with Crippen LogP contribution in [0.15, 0.2) is 84.9 Å². The largest absolute Gasteiger partial charge is 0.453 e. The number of nitrogens with zero attached hydrogens (tertiary/aromatic N) is 2. The number of piperidine rings is 3. The standard InChI is InChI=1S/C32H33N3O4/c33-22-24-12-14-26(15-13-24)30(36)34-18-7-19-35-20-16-25(17-21-35)29(23-35)39-31(37)32(38,27-8-3-1-4-9-27)28-10-5-2-6-11-28/h1-6,8-15,25,29,38H,7,16-21,23H2/p+1. The number of benzene rings is 3. The average Bonchev–Trinajstić information content (AvgIpc) is 3.00. The van der Waals surface area contributed by atoms with Gasteiger partial charge in [0.15, 0.2) is 6.10 Å². The summed E-state index contributed by atoms with van der Waals surface area (Å²) in [4.78, 5) is 26.2. The van der Waals surface area contributed by atoms with Crippen molar-refractivity contribution in [3.63, 3.8) is 0 Å². The molecular formula is C32H34N3O4+. The molecule has 39 heavy (non-hydrogen) atoms. The first-order chi connectivity index (χ1) is 18.9. The predicted molar refractivity (Wildman–Crippen MR) is 146 cm³/mol. The van der Waals surface area contributed by atoms with E-state index in [1.165, 1.54) is 0 Å². The first kappa shape index (κ1) is 26.6. The smallest absolute Gasteiger partial charge is 0.348 e. The Morgan fingerprint density at radius 2 is 1.54 bits per heavy atom. The number of quaternary nitrogens is 1. The number of nitriles is 1. The van der Waals surface area contributed by atoms with Crippen LogP contribution in [-0.2, 0) is 15.1 Å². The molecule has 200 valence electrons. The van der Waals surface area contributed by atoms with Gasteiger partial charge in [0.2, 0.25) is 5.60 Å². The van der Waals surface area contributed by atoms with Crippen molar-refractivity contribution < 1.29 is 23.9 Å². The lowest BCUT2D eigenvalue weighted by Crippen LogP contribution is -2.65. The van der Waals surface area contributed by atoms with E-state index in [1.807, 2.05) is 36.4 Å². The van der Waals surface area contributed by atoms with Gasteiger partial charge in [-0.25, -0.2) is 4.79 Å². The molecular weight excluding hydrogens is 490 g/mol. The summed E-state index contributed by atoms with van der Waals surface area (Å²) >= 11 is 0. The van der Waals surface area contributed by atoms with Gasteiger partial charge in [-0.05, 0) is 35.4 Å². The summed E-state index contributed by atoms with van der Waals surface area (Å²) in [5.41, 5.74) is 0.164. The van der Waals surface area contributed by atoms with Crippen molar-refractivity contribution in [2.45, 2.75) is 31.0 Å². The summed E-state index contributed by atoms with van der Waals surface area (Å²) in [7, 11) is 0. The third-order valence-corrected chi connectivity index (χ3v) is 8.35. The molecule has 1 amide bonds. The number of hydrogen-bond acceptors (Lipinski definition) is 5. The number of nitrogens with one attached hydrogen (secondary N) is 1. The molecule has 0 aromatic heterocycles. The summed E-state index contributed by atoms with van der Waals surface area (Å²) < 4.78 is 7.01. The molecule has 3 heterocycles. The fourth-order valence-corrected chi connectivity index (χ4v) is 6.07. The van der Waals surface area contributed by atoms with Crippen LogP contribution in [0.4, 0.5) is 0 Å². The number of rotatable bonds is 9. The van der Waals surface area contributed by atoms with Gasteiger partial charge in [0, 0.05) is 37.3 Å². The van der Waals surface area contributed by atoms with E-state index in [0.717, 1.165) is 49.9 Å². The molecule has 0 radical (unpaired) electrons. The number of amides is 1. The Bertz CT molecular complexity index is 1290. The summed E-state index contributed by atoms with van der Waals surface area (Å²) in [6.45, 7) is 4.22. The van der Waals surface area contributed by atoms with Crippen LogP contribution in [-0.4, -0.2) is 60.3 Å². The lowest BCUT2D eigenvalue weighted by molar-refractivity contribution is -0.946. The molecule has 1 unspecified atom stereocenters. The number of carbonyl (C=O) groups is 2. The van der Waals surface area contributed by atoms with Crippen molar-refractivity contribution in [3.8, 4) is 6.07 Å². The molecule has 2 bridgehead atoms. The predicted octanol–water partition coefficient (Wildman–Crippen LogP) is 3.77. The molecule has 3 aromatic rings. The number of carbonyl (C=O) groups excluding carboxylic acids is 2. The zero-order valence-corrected chi connectivity index (χ0v) is 22.0. The van der Waals surface area contributed by atoms with Crippen LogP contribution in [0, 0.1) is 17.2 Å². The first-order valence-electron chi connectivity index (χ1n) is 13.6. The fraction of sp³-hybridized carbons (Fsp3) is 0.344. The highest BCUT2D eigenvalue weighted by Crippen LogP contribution is 2.38. The Morgan fingerprint density at radius 3 is 2.10 bits per heavy atom. The van der Waals surface area contributed by atoms with Gasteiger partial charge in [0.1, 0.15) is 6.54 Å². The van der Waals surface area contributed by atoms with Gasteiger partial charge < -0.3 is 19.6 Å². The summed E-state index contributed by atoms with van der Waals surface area (Å²) in [6.07, 6.45) is 2.51. The lowest BCUT2D eigenvalue weighted by Gasteiger charge is -2.52. The second-order valence-electron chi connectivity index (χ2n) is 10.7. The van der Waals surface area contributed by atoms with E-state index in [0.29, 0.717) is 34.7 Å². The van der Waals surface area contributed by atoms with Crippen LogP contribution in [0.25, 0.3) is 0 Å². The van der Waals surface area contributed by atoms with Crippen molar-refractivity contribution >= 4 is 11.9 Å². The monoisotopic (exact) mass is 524 g/mol. The van der Waals surface area contributed by atoms with Crippen LogP contribution >= 0.6 is 0 Å². The fourth-order valence-electron chi connectivity index (χ4n) is 6.07. The van der Waals surface area contributed by atoms with Crippen LogP contribution < -0.4 is 5.32 Å². The second-order valence-corrected chi connectivity index (χ2v) is 10.7. The van der Waals surface area contributed by atoms with Crippen molar-refractivity contribution in [3.05, 3.63) is 107 Å². The Balaban J connectivity index is 1.21. The van der Waals surface area contributed by atoms with Gasteiger partial charge in [0.25, 0.3) is 5.91 Å². The maximum atomic E-state index is 13.7. The molecule has 0 saturated carbocycles. The molecule has 3 saturated heterocycles. The second kappa shape index (κ2) is 11.4. The number of fused-ring (bicyclic) bond motifs is 3. The summed E-state index contributed by atoms with van der Waals surface area (Å²) in [5.74, 6) is -0.489. The van der Waals surface area contributed by atoms with E-state index in [-0.39, 0.29) is 12.0 Å². The number of hydrogen-bond donors (Lipinski definition) is 2. The highest BCUT2D eigenvalue weighted by atomic mass is 16.6. The minimum atomic E-state index is -1.88. The van der Waals surface area contributed by atoms with Crippen molar-refractivity contribution in [1.82, 2.24) is 5.32 Å². The molecule has 3 fully saturated rings. The minimum absolute atomic E-state index is 0.148. The van der Waals surface area contributed by atoms with E-state index < -0.39 is 11.6 Å². The molecule has 3 aliphatic rings. The third kappa shape index (κ3) is 5.58. The molecule has 0 spiro atoms. The van der Waals surface area contributed by atoms with E-state index in [1.54, 1.807) is 48.5 Å². The molecule has 7 nitrogen and oxygen atoms in total. The summed E-state index contributed by atoms with van der Waals surface area (Å²) in [5, 5.41) is 23.7. The molecule has 0 aliphatic carbocycles. The molecule has 1 atom stereocenters.